The molecule has 108 valence electrons. The lowest BCUT2D eigenvalue weighted by Gasteiger charge is -2.35. The molecular formula is C15H32N2O. The average molecular weight is 256 g/mol. The quantitative estimate of drug-likeness (QED) is 0.732. The Morgan fingerprint density at radius 2 is 1.72 bits per heavy atom. The maximum Gasteiger partial charge on any atom is 0.0584 e. The summed E-state index contributed by atoms with van der Waals surface area (Å²) in [5.41, 5.74) is 0. The maximum atomic E-state index is 9.40. The van der Waals surface area contributed by atoms with Gasteiger partial charge in [0.1, 0.15) is 0 Å². The van der Waals surface area contributed by atoms with Crippen LogP contribution >= 0.6 is 0 Å². The second kappa shape index (κ2) is 8.13. The molecule has 1 aliphatic rings. The van der Waals surface area contributed by atoms with Crippen LogP contribution in [-0.4, -0.2) is 48.3 Å². The van der Waals surface area contributed by atoms with E-state index in [4.69, 9.17) is 0 Å². The van der Waals surface area contributed by atoms with E-state index in [9.17, 15) is 5.11 Å². The first kappa shape index (κ1) is 15.9. The molecule has 3 heteroatoms. The summed E-state index contributed by atoms with van der Waals surface area (Å²) in [7, 11) is 0. The van der Waals surface area contributed by atoms with E-state index in [2.05, 4.69) is 37.9 Å². The summed E-state index contributed by atoms with van der Waals surface area (Å²) in [5, 5.41) is 13.0. The first-order valence-electron chi connectivity index (χ1n) is 7.60. The van der Waals surface area contributed by atoms with E-state index in [0.717, 1.165) is 12.3 Å². The summed E-state index contributed by atoms with van der Waals surface area (Å²) in [6.45, 7) is 12.9. The van der Waals surface area contributed by atoms with Gasteiger partial charge in [-0.2, -0.15) is 0 Å². The van der Waals surface area contributed by atoms with E-state index in [-0.39, 0.29) is 12.6 Å². The molecule has 1 saturated heterocycles. The third kappa shape index (κ3) is 6.17. The molecule has 0 aromatic carbocycles. The molecule has 3 nitrogen and oxygen atoms in total. The summed E-state index contributed by atoms with van der Waals surface area (Å²) in [6, 6.07) is 0.885. The van der Waals surface area contributed by atoms with Gasteiger partial charge in [-0.25, -0.2) is 0 Å². The van der Waals surface area contributed by atoms with Crippen LogP contribution in [-0.2, 0) is 0 Å². The van der Waals surface area contributed by atoms with E-state index in [0.29, 0.717) is 12.0 Å². The maximum absolute atomic E-state index is 9.40. The van der Waals surface area contributed by atoms with Crippen LogP contribution in [0.1, 0.15) is 47.0 Å². The number of hydrogen-bond acceptors (Lipinski definition) is 3. The summed E-state index contributed by atoms with van der Waals surface area (Å²) < 4.78 is 0. The lowest BCUT2D eigenvalue weighted by atomic mass is 9.99. The van der Waals surface area contributed by atoms with Crippen LogP contribution in [0.3, 0.4) is 0 Å². The number of hydrogen-bond donors (Lipinski definition) is 2. The summed E-state index contributed by atoms with van der Waals surface area (Å²) in [6.07, 6.45) is 3.52. The van der Waals surface area contributed by atoms with Gasteiger partial charge < -0.3 is 15.3 Å². The Kier molecular flexibility index (Phi) is 7.20. The Labute approximate surface area is 113 Å². The van der Waals surface area contributed by atoms with Gasteiger partial charge in [0.05, 0.1) is 6.61 Å². The van der Waals surface area contributed by atoms with Crippen molar-refractivity contribution in [1.82, 2.24) is 10.2 Å². The minimum Gasteiger partial charge on any atom is -0.395 e. The van der Waals surface area contributed by atoms with Crippen molar-refractivity contribution in [2.45, 2.75) is 59.0 Å². The molecular weight excluding hydrogens is 224 g/mol. The molecule has 1 fully saturated rings. The molecule has 1 rings (SSSR count). The smallest absolute Gasteiger partial charge is 0.0584 e. The Balaban J connectivity index is 2.25. The van der Waals surface area contributed by atoms with Crippen LogP contribution in [0.2, 0.25) is 0 Å². The highest BCUT2D eigenvalue weighted by Gasteiger charge is 2.22. The molecule has 0 aliphatic carbocycles. The van der Waals surface area contributed by atoms with Crippen molar-refractivity contribution < 1.29 is 5.11 Å². The number of likely N-dealkylation sites (tertiary alicyclic amines) is 1. The van der Waals surface area contributed by atoms with Crippen LogP contribution in [0.4, 0.5) is 0 Å². The van der Waals surface area contributed by atoms with E-state index in [1.807, 2.05) is 0 Å². The minimum atomic E-state index is 0.268. The predicted octanol–water partition coefficient (Wildman–Crippen LogP) is 2.10. The van der Waals surface area contributed by atoms with Gasteiger partial charge in [-0.05, 0) is 44.2 Å². The molecule has 0 saturated carbocycles. The number of rotatable bonds is 7. The van der Waals surface area contributed by atoms with Crippen molar-refractivity contribution in [1.29, 1.82) is 0 Å². The molecule has 1 aliphatic heterocycles. The van der Waals surface area contributed by atoms with E-state index >= 15 is 0 Å². The van der Waals surface area contributed by atoms with Crippen LogP contribution in [0.25, 0.3) is 0 Å². The second-order valence-electron chi connectivity index (χ2n) is 6.64. The monoisotopic (exact) mass is 256 g/mol. The van der Waals surface area contributed by atoms with Crippen molar-refractivity contribution >= 4 is 0 Å². The molecule has 2 N–H and O–H groups in total. The highest BCUT2D eigenvalue weighted by atomic mass is 16.3. The molecule has 0 aromatic heterocycles. The van der Waals surface area contributed by atoms with Crippen molar-refractivity contribution in [2.24, 2.45) is 11.8 Å². The van der Waals surface area contributed by atoms with Crippen LogP contribution in [0.15, 0.2) is 0 Å². The number of aliphatic hydroxyl groups excluding tert-OH is 1. The minimum absolute atomic E-state index is 0.268. The Bertz CT molecular complexity index is 211. The van der Waals surface area contributed by atoms with Gasteiger partial charge in [0.15, 0.2) is 0 Å². The number of piperidine rings is 1. The van der Waals surface area contributed by atoms with Gasteiger partial charge in [-0.15, -0.1) is 0 Å². The summed E-state index contributed by atoms with van der Waals surface area (Å²) in [4.78, 5) is 2.57. The standard InChI is InChI=1S/C15H32N2O/c1-12(2)9-15(11-18)16-14-5-7-17(8-6-14)10-13(3)4/h12-16,18H,5-11H2,1-4H3. The lowest BCUT2D eigenvalue weighted by molar-refractivity contribution is 0.154. The van der Waals surface area contributed by atoms with E-state index in [1.165, 1.54) is 32.5 Å². The highest BCUT2D eigenvalue weighted by molar-refractivity contribution is 4.81. The molecule has 0 radical (unpaired) electrons. The van der Waals surface area contributed by atoms with Crippen molar-refractivity contribution in [2.75, 3.05) is 26.2 Å². The Morgan fingerprint density at radius 3 is 2.17 bits per heavy atom. The van der Waals surface area contributed by atoms with Crippen molar-refractivity contribution in [3.05, 3.63) is 0 Å². The fourth-order valence-corrected chi connectivity index (χ4v) is 2.90. The number of aliphatic hydroxyl groups is 1. The van der Waals surface area contributed by atoms with Gasteiger partial charge >= 0.3 is 0 Å². The van der Waals surface area contributed by atoms with Gasteiger partial charge in [-0.1, -0.05) is 27.7 Å². The van der Waals surface area contributed by atoms with Crippen LogP contribution < -0.4 is 5.32 Å². The average Bonchev–Trinajstić information content (AvgIpc) is 2.29. The fourth-order valence-electron chi connectivity index (χ4n) is 2.90. The zero-order valence-corrected chi connectivity index (χ0v) is 12.7. The third-order valence-corrected chi connectivity index (χ3v) is 3.66. The predicted molar refractivity (Wildman–Crippen MR) is 77.8 cm³/mol. The lowest BCUT2D eigenvalue weighted by Crippen LogP contribution is -2.48. The number of nitrogens with one attached hydrogen (secondary N) is 1. The zero-order chi connectivity index (χ0) is 13.5. The first-order chi connectivity index (χ1) is 8.51. The van der Waals surface area contributed by atoms with Crippen molar-refractivity contribution in [3.63, 3.8) is 0 Å². The first-order valence-corrected chi connectivity index (χ1v) is 7.60. The van der Waals surface area contributed by atoms with Crippen LogP contribution in [0.5, 0.6) is 0 Å². The Hall–Kier alpha value is -0.120. The normalized spacial score (nSPS) is 20.8. The van der Waals surface area contributed by atoms with E-state index in [1.54, 1.807) is 0 Å². The molecule has 0 amide bonds. The summed E-state index contributed by atoms with van der Waals surface area (Å²) >= 11 is 0. The second-order valence-corrected chi connectivity index (χ2v) is 6.64. The highest BCUT2D eigenvalue weighted by Crippen LogP contribution is 2.14. The molecule has 18 heavy (non-hydrogen) atoms. The largest absolute Gasteiger partial charge is 0.395 e. The molecule has 0 aromatic rings. The number of nitrogens with zero attached hydrogens (tertiary/aromatic N) is 1. The molecule has 0 spiro atoms. The molecule has 1 unspecified atom stereocenters. The zero-order valence-electron chi connectivity index (χ0n) is 12.7. The van der Waals surface area contributed by atoms with Crippen LogP contribution in [0, 0.1) is 11.8 Å². The SMILES string of the molecule is CC(C)CC(CO)NC1CCN(CC(C)C)CC1. The molecule has 0 bridgehead atoms. The third-order valence-electron chi connectivity index (χ3n) is 3.66. The van der Waals surface area contributed by atoms with Gasteiger partial charge in [0.25, 0.3) is 0 Å². The fraction of sp³-hybridized carbons (Fsp3) is 1.00. The van der Waals surface area contributed by atoms with Gasteiger partial charge in [0.2, 0.25) is 0 Å². The summed E-state index contributed by atoms with van der Waals surface area (Å²) in [5.74, 6) is 1.41. The molecule has 1 atom stereocenters. The Morgan fingerprint density at radius 1 is 1.11 bits per heavy atom. The van der Waals surface area contributed by atoms with Gasteiger partial charge in [-0.3, -0.25) is 0 Å². The van der Waals surface area contributed by atoms with Crippen molar-refractivity contribution in [3.8, 4) is 0 Å². The van der Waals surface area contributed by atoms with Gasteiger partial charge in [0, 0.05) is 18.6 Å². The topological polar surface area (TPSA) is 35.5 Å². The van der Waals surface area contributed by atoms with E-state index < -0.39 is 0 Å². The molecule has 1 heterocycles.